The van der Waals surface area contributed by atoms with Gasteiger partial charge in [0.25, 0.3) is 0 Å². The molecule has 0 aliphatic carbocycles. The summed E-state index contributed by atoms with van der Waals surface area (Å²) in [5.74, 6) is 3.22. The molecule has 2 heterocycles. The van der Waals surface area contributed by atoms with Crippen LogP contribution in [0.2, 0.25) is 0 Å². The minimum absolute atomic E-state index is 0.620. The van der Waals surface area contributed by atoms with Gasteiger partial charge in [-0.1, -0.05) is 19.0 Å². The lowest BCUT2D eigenvalue weighted by Crippen LogP contribution is -2.13. The number of nitrogens with one attached hydrogen (secondary N) is 2. The van der Waals surface area contributed by atoms with Crippen molar-refractivity contribution in [1.82, 2.24) is 20.1 Å². The molecule has 2 aromatic rings. The number of anilines is 2. The lowest BCUT2D eigenvalue weighted by molar-refractivity contribution is 0.379. The summed E-state index contributed by atoms with van der Waals surface area (Å²) in [5, 5.41) is 10.3. The molecule has 2 N–H and O–H groups in total. The first-order chi connectivity index (χ1) is 10.2. The fourth-order valence-electron chi connectivity index (χ4n) is 1.90. The van der Waals surface area contributed by atoms with Crippen molar-refractivity contribution in [3.63, 3.8) is 0 Å². The number of aryl methyl sites for hydroxylation is 1. The quantitative estimate of drug-likeness (QED) is 0.770. The summed E-state index contributed by atoms with van der Waals surface area (Å²) in [6.07, 6.45) is 3.94. The van der Waals surface area contributed by atoms with E-state index in [1.54, 1.807) is 0 Å². The zero-order valence-corrected chi connectivity index (χ0v) is 12.8. The van der Waals surface area contributed by atoms with Crippen LogP contribution in [0.5, 0.6) is 0 Å². The Kier molecular flexibility index (Phi) is 5.48. The molecule has 0 spiro atoms. The maximum atomic E-state index is 4.98. The maximum Gasteiger partial charge on any atom is 0.228 e. The summed E-state index contributed by atoms with van der Waals surface area (Å²) in [6.45, 7) is 7.80. The van der Waals surface area contributed by atoms with Gasteiger partial charge in [-0.25, -0.2) is 9.97 Å². The van der Waals surface area contributed by atoms with E-state index in [-0.39, 0.29) is 0 Å². The van der Waals surface area contributed by atoms with E-state index in [4.69, 9.17) is 4.52 Å². The fraction of sp³-hybridized carbons (Fsp3) is 0.571. The molecule has 2 aromatic heterocycles. The molecule has 7 heteroatoms. The number of nitrogens with zero attached hydrogens (tertiary/aromatic N) is 4. The molecule has 0 aliphatic heterocycles. The molecule has 0 radical (unpaired) electrons. The van der Waals surface area contributed by atoms with E-state index >= 15 is 0 Å². The van der Waals surface area contributed by atoms with E-state index in [0.29, 0.717) is 18.9 Å². The molecule has 0 saturated carbocycles. The highest BCUT2D eigenvalue weighted by Crippen LogP contribution is 2.20. The molecule has 0 fully saturated rings. The first-order valence-electron chi connectivity index (χ1n) is 7.35. The normalized spacial score (nSPS) is 10.6. The van der Waals surface area contributed by atoms with E-state index in [9.17, 15) is 0 Å². The van der Waals surface area contributed by atoms with Crippen LogP contribution in [0.1, 0.15) is 37.5 Å². The van der Waals surface area contributed by atoms with Gasteiger partial charge in [0.05, 0.1) is 0 Å². The van der Waals surface area contributed by atoms with Crippen LogP contribution in [0.4, 0.5) is 11.6 Å². The standard InChI is InChI=1S/C14H22N6O/c1-4-7-15-13-10(3)14(20-11(5-2)19-13)16-8-6-12-17-9-18-21-12/h9H,4-8H2,1-3H3,(H2,15,16,19,20). The zero-order chi connectivity index (χ0) is 15.1. The Hall–Kier alpha value is -2.18. The minimum atomic E-state index is 0.620. The Morgan fingerprint density at radius 2 is 1.81 bits per heavy atom. The molecule has 0 unspecified atom stereocenters. The minimum Gasteiger partial charge on any atom is -0.370 e. The SMILES string of the molecule is CCCNc1nc(CC)nc(NCCc2ncno2)c1C. The topological polar surface area (TPSA) is 88.8 Å². The first-order valence-corrected chi connectivity index (χ1v) is 7.35. The predicted octanol–water partition coefficient (Wildman–Crippen LogP) is 2.21. The van der Waals surface area contributed by atoms with Gasteiger partial charge in [0.1, 0.15) is 17.5 Å². The second-order valence-corrected chi connectivity index (χ2v) is 4.75. The summed E-state index contributed by atoms with van der Waals surface area (Å²) in [5.41, 5.74) is 1.03. The van der Waals surface area contributed by atoms with Gasteiger partial charge in [0.2, 0.25) is 5.89 Å². The summed E-state index contributed by atoms with van der Waals surface area (Å²) < 4.78 is 4.98. The van der Waals surface area contributed by atoms with Crippen molar-refractivity contribution >= 4 is 11.6 Å². The zero-order valence-electron chi connectivity index (χ0n) is 12.8. The van der Waals surface area contributed by atoms with Gasteiger partial charge in [-0.3, -0.25) is 0 Å². The molecule has 0 saturated heterocycles. The lowest BCUT2D eigenvalue weighted by atomic mass is 10.2. The van der Waals surface area contributed by atoms with Crippen LogP contribution in [0, 0.1) is 6.92 Å². The van der Waals surface area contributed by atoms with Gasteiger partial charge in [0.15, 0.2) is 6.33 Å². The van der Waals surface area contributed by atoms with Crippen molar-refractivity contribution in [1.29, 1.82) is 0 Å². The van der Waals surface area contributed by atoms with E-state index < -0.39 is 0 Å². The second kappa shape index (κ2) is 7.56. The van der Waals surface area contributed by atoms with Gasteiger partial charge in [-0.15, -0.1) is 0 Å². The monoisotopic (exact) mass is 290 g/mol. The average Bonchev–Trinajstić information content (AvgIpc) is 3.01. The average molecular weight is 290 g/mol. The van der Waals surface area contributed by atoms with E-state index in [2.05, 4.69) is 44.6 Å². The van der Waals surface area contributed by atoms with Gasteiger partial charge in [-0.05, 0) is 13.3 Å². The highest BCUT2D eigenvalue weighted by Gasteiger charge is 2.10. The number of hydrogen-bond donors (Lipinski definition) is 2. The lowest BCUT2D eigenvalue weighted by Gasteiger charge is -2.14. The summed E-state index contributed by atoms with van der Waals surface area (Å²) >= 11 is 0. The molecule has 2 rings (SSSR count). The molecule has 0 bridgehead atoms. The first kappa shape index (κ1) is 15.2. The third-order valence-corrected chi connectivity index (χ3v) is 3.09. The highest BCUT2D eigenvalue weighted by atomic mass is 16.5. The van der Waals surface area contributed by atoms with Crippen LogP contribution in [0.3, 0.4) is 0 Å². The van der Waals surface area contributed by atoms with E-state index in [1.807, 2.05) is 6.92 Å². The number of aromatic nitrogens is 4. The van der Waals surface area contributed by atoms with Crippen molar-refractivity contribution < 1.29 is 4.52 Å². The van der Waals surface area contributed by atoms with Gasteiger partial charge in [0, 0.05) is 31.5 Å². The predicted molar refractivity (Wildman–Crippen MR) is 81.4 cm³/mol. The fourth-order valence-corrected chi connectivity index (χ4v) is 1.90. The Labute approximate surface area is 124 Å². The van der Waals surface area contributed by atoms with Crippen LogP contribution in [-0.4, -0.2) is 33.2 Å². The van der Waals surface area contributed by atoms with Crippen molar-refractivity contribution in [2.45, 2.75) is 40.0 Å². The summed E-state index contributed by atoms with van der Waals surface area (Å²) in [6, 6.07) is 0. The maximum absolute atomic E-state index is 4.98. The largest absolute Gasteiger partial charge is 0.370 e. The van der Waals surface area contributed by atoms with Crippen molar-refractivity contribution in [3.8, 4) is 0 Å². The Bertz CT molecular complexity index is 555. The van der Waals surface area contributed by atoms with Crippen molar-refractivity contribution in [2.75, 3.05) is 23.7 Å². The van der Waals surface area contributed by atoms with Gasteiger partial charge < -0.3 is 15.2 Å². The van der Waals surface area contributed by atoms with Gasteiger partial charge >= 0.3 is 0 Å². The smallest absolute Gasteiger partial charge is 0.228 e. The summed E-state index contributed by atoms with van der Waals surface area (Å²) in [4.78, 5) is 13.1. The number of rotatable bonds is 8. The van der Waals surface area contributed by atoms with Crippen LogP contribution >= 0.6 is 0 Å². The molecule has 21 heavy (non-hydrogen) atoms. The molecular formula is C14H22N6O. The highest BCUT2D eigenvalue weighted by molar-refractivity contribution is 5.57. The van der Waals surface area contributed by atoms with Crippen LogP contribution in [-0.2, 0) is 12.8 Å². The Balaban J connectivity index is 2.05. The van der Waals surface area contributed by atoms with Crippen LogP contribution in [0.25, 0.3) is 0 Å². The summed E-state index contributed by atoms with van der Waals surface area (Å²) in [7, 11) is 0. The van der Waals surface area contributed by atoms with Crippen LogP contribution in [0.15, 0.2) is 10.9 Å². The van der Waals surface area contributed by atoms with E-state index in [0.717, 1.165) is 42.4 Å². The Morgan fingerprint density at radius 3 is 2.38 bits per heavy atom. The second-order valence-electron chi connectivity index (χ2n) is 4.75. The van der Waals surface area contributed by atoms with Crippen molar-refractivity contribution in [2.24, 2.45) is 0 Å². The van der Waals surface area contributed by atoms with Crippen LogP contribution < -0.4 is 10.6 Å². The molecule has 0 atom stereocenters. The number of hydrogen-bond acceptors (Lipinski definition) is 7. The molecule has 114 valence electrons. The van der Waals surface area contributed by atoms with Crippen molar-refractivity contribution in [3.05, 3.63) is 23.6 Å². The third kappa shape index (κ3) is 4.14. The molecular weight excluding hydrogens is 268 g/mol. The van der Waals surface area contributed by atoms with Gasteiger partial charge in [-0.2, -0.15) is 4.98 Å². The van der Waals surface area contributed by atoms with E-state index in [1.165, 1.54) is 6.33 Å². The Morgan fingerprint density at radius 1 is 1.10 bits per heavy atom. The third-order valence-electron chi connectivity index (χ3n) is 3.09. The molecule has 0 aromatic carbocycles. The molecule has 0 amide bonds. The molecule has 0 aliphatic rings. The molecule has 7 nitrogen and oxygen atoms in total.